The standard InChI is InChI=1S/C30H35N3O2/c1-22(2)24-13-6-9-17-28(24)35-21-11-10-20-33-27-16-8-7-15-26(27)32-29(33)18-19-31-30(34)25-14-5-4-12-23(25)3/h4-9,12-17,22H,10-11,18-21H2,1-3H3,(H,31,34). The van der Waals surface area contributed by atoms with E-state index in [2.05, 4.69) is 54.1 Å². The van der Waals surface area contributed by atoms with E-state index in [1.165, 1.54) is 5.56 Å². The van der Waals surface area contributed by atoms with Crippen LogP contribution in [0.2, 0.25) is 0 Å². The van der Waals surface area contributed by atoms with E-state index < -0.39 is 0 Å². The van der Waals surface area contributed by atoms with Gasteiger partial charge in [-0.15, -0.1) is 0 Å². The Morgan fingerprint density at radius 2 is 1.71 bits per heavy atom. The van der Waals surface area contributed by atoms with Crippen LogP contribution in [0.4, 0.5) is 0 Å². The van der Waals surface area contributed by atoms with E-state index in [4.69, 9.17) is 9.72 Å². The Balaban J connectivity index is 1.34. The highest BCUT2D eigenvalue weighted by atomic mass is 16.5. The Labute approximate surface area is 208 Å². The average Bonchev–Trinajstić information content (AvgIpc) is 3.21. The number of nitrogens with zero attached hydrogens (tertiary/aromatic N) is 2. The second kappa shape index (κ2) is 11.7. The second-order valence-electron chi connectivity index (χ2n) is 9.24. The molecule has 1 N–H and O–H groups in total. The third kappa shape index (κ3) is 6.10. The van der Waals surface area contributed by atoms with Gasteiger partial charge in [0.15, 0.2) is 0 Å². The van der Waals surface area contributed by atoms with E-state index in [1.807, 2.05) is 49.4 Å². The first kappa shape index (κ1) is 24.5. The number of fused-ring (bicyclic) bond motifs is 1. The third-order valence-electron chi connectivity index (χ3n) is 6.33. The van der Waals surface area contributed by atoms with Crippen molar-refractivity contribution in [2.45, 2.75) is 52.5 Å². The normalized spacial score (nSPS) is 11.2. The molecule has 35 heavy (non-hydrogen) atoms. The number of hydrogen-bond donors (Lipinski definition) is 1. The number of para-hydroxylation sites is 3. The molecule has 0 unspecified atom stereocenters. The number of aryl methyl sites for hydroxylation is 2. The molecular formula is C30H35N3O2. The molecule has 5 nitrogen and oxygen atoms in total. The van der Waals surface area contributed by atoms with Crippen molar-refractivity contribution in [3.05, 3.63) is 95.3 Å². The van der Waals surface area contributed by atoms with Crippen LogP contribution >= 0.6 is 0 Å². The molecule has 1 heterocycles. The highest BCUT2D eigenvalue weighted by molar-refractivity contribution is 5.95. The van der Waals surface area contributed by atoms with Gasteiger partial charge in [0.2, 0.25) is 0 Å². The van der Waals surface area contributed by atoms with Crippen LogP contribution in [0.5, 0.6) is 5.75 Å². The zero-order valence-corrected chi connectivity index (χ0v) is 21.0. The van der Waals surface area contributed by atoms with Crippen LogP contribution in [0.25, 0.3) is 11.0 Å². The molecule has 5 heteroatoms. The lowest BCUT2D eigenvalue weighted by molar-refractivity contribution is 0.0953. The molecule has 0 saturated heterocycles. The van der Waals surface area contributed by atoms with Crippen molar-refractivity contribution in [1.29, 1.82) is 0 Å². The summed E-state index contributed by atoms with van der Waals surface area (Å²) in [5, 5.41) is 3.06. The first-order chi connectivity index (χ1) is 17.0. The van der Waals surface area contributed by atoms with Gasteiger partial charge < -0.3 is 14.6 Å². The van der Waals surface area contributed by atoms with Gasteiger partial charge in [0, 0.05) is 25.1 Å². The molecule has 4 aromatic rings. The molecule has 3 aromatic carbocycles. The molecule has 0 atom stereocenters. The average molecular weight is 470 g/mol. The lowest BCUT2D eigenvalue weighted by Crippen LogP contribution is -2.27. The zero-order valence-electron chi connectivity index (χ0n) is 21.0. The minimum Gasteiger partial charge on any atom is -0.493 e. The Morgan fingerprint density at radius 3 is 2.54 bits per heavy atom. The summed E-state index contributed by atoms with van der Waals surface area (Å²) in [5.41, 5.74) is 5.09. The maximum absolute atomic E-state index is 12.6. The number of imidazole rings is 1. The number of nitrogens with one attached hydrogen (secondary N) is 1. The van der Waals surface area contributed by atoms with Crippen molar-refractivity contribution in [2.24, 2.45) is 0 Å². The van der Waals surface area contributed by atoms with Gasteiger partial charge in [0.05, 0.1) is 17.6 Å². The highest BCUT2D eigenvalue weighted by Crippen LogP contribution is 2.26. The number of benzene rings is 3. The fourth-order valence-corrected chi connectivity index (χ4v) is 4.42. The van der Waals surface area contributed by atoms with E-state index in [9.17, 15) is 4.79 Å². The summed E-state index contributed by atoms with van der Waals surface area (Å²) in [6, 6.07) is 24.2. The molecule has 0 bridgehead atoms. The summed E-state index contributed by atoms with van der Waals surface area (Å²) in [4.78, 5) is 17.4. The molecule has 0 aliphatic heterocycles. The molecule has 0 fully saturated rings. The van der Waals surface area contributed by atoms with Crippen molar-refractivity contribution in [3.8, 4) is 5.75 Å². The summed E-state index contributed by atoms with van der Waals surface area (Å²) in [6.07, 6.45) is 2.64. The summed E-state index contributed by atoms with van der Waals surface area (Å²) in [7, 11) is 0. The van der Waals surface area contributed by atoms with Crippen molar-refractivity contribution < 1.29 is 9.53 Å². The van der Waals surface area contributed by atoms with Crippen LogP contribution in [0.3, 0.4) is 0 Å². The number of carbonyl (C=O) groups is 1. The van der Waals surface area contributed by atoms with Gasteiger partial charge in [-0.05, 0) is 61.1 Å². The molecule has 0 saturated carbocycles. The van der Waals surface area contributed by atoms with Gasteiger partial charge in [0.25, 0.3) is 5.91 Å². The number of unbranched alkanes of at least 4 members (excludes halogenated alkanes) is 1. The van der Waals surface area contributed by atoms with Crippen LogP contribution in [-0.4, -0.2) is 28.6 Å². The lowest BCUT2D eigenvalue weighted by atomic mass is 10.0. The fourth-order valence-electron chi connectivity index (χ4n) is 4.42. The molecule has 0 radical (unpaired) electrons. The molecule has 182 valence electrons. The largest absolute Gasteiger partial charge is 0.493 e. The fraction of sp³-hybridized carbons (Fsp3) is 0.333. The Bertz CT molecular complexity index is 1280. The monoisotopic (exact) mass is 469 g/mol. The summed E-state index contributed by atoms with van der Waals surface area (Å²) in [5.74, 6) is 2.39. The van der Waals surface area contributed by atoms with Gasteiger partial charge in [-0.3, -0.25) is 4.79 Å². The van der Waals surface area contributed by atoms with Crippen molar-refractivity contribution in [3.63, 3.8) is 0 Å². The minimum atomic E-state index is -0.0374. The molecule has 0 aliphatic carbocycles. The first-order valence-electron chi connectivity index (χ1n) is 12.5. The number of aromatic nitrogens is 2. The van der Waals surface area contributed by atoms with Crippen LogP contribution < -0.4 is 10.1 Å². The second-order valence-corrected chi connectivity index (χ2v) is 9.24. The summed E-state index contributed by atoms with van der Waals surface area (Å²) >= 11 is 0. The topological polar surface area (TPSA) is 56.2 Å². The van der Waals surface area contributed by atoms with E-state index >= 15 is 0 Å². The van der Waals surface area contributed by atoms with Crippen molar-refractivity contribution >= 4 is 16.9 Å². The number of rotatable bonds is 11. The number of carbonyl (C=O) groups excluding carboxylic acids is 1. The predicted molar refractivity (Wildman–Crippen MR) is 142 cm³/mol. The Morgan fingerprint density at radius 1 is 0.971 bits per heavy atom. The highest BCUT2D eigenvalue weighted by Gasteiger charge is 2.12. The van der Waals surface area contributed by atoms with Gasteiger partial charge in [-0.1, -0.05) is 62.4 Å². The van der Waals surface area contributed by atoms with Gasteiger partial charge in [0.1, 0.15) is 11.6 Å². The third-order valence-corrected chi connectivity index (χ3v) is 6.33. The predicted octanol–water partition coefficient (Wildman–Crippen LogP) is 6.30. The van der Waals surface area contributed by atoms with Crippen LogP contribution in [0, 0.1) is 6.92 Å². The lowest BCUT2D eigenvalue weighted by Gasteiger charge is -2.14. The van der Waals surface area contributed by atoms with Crippen molar-refractivity contribution in [1.82, 2.24) is 14.9 Å². The van der Waals surface area contributed by atoms with Gasteiger partial charge >= 0.3 is 0 Å². The SMILES string of the molecule is Cc1ccccc1C(=O)NCCc1nc2ccccc2n1CCCCOc1ccccc1C(C)C. The van der Waals surface area contributed by atoms with Crippen molar-refractivity contribution in [2.75, 3.05) is 13.2 Å². The molecule has 0 aliphatic rings. The first-order valence-corrected chi connectivity index (χ1v) is 12.5. The maximum Gasteiger partial charge on any atom is 0.251 e. The number of ether oxygens (including phenoxy) is 1. The molecule has 1 aromatic heterocycles. The van der Waals surface area contributed by atoms with E-state index in [0.717, 1.165) is 53.1 Å². The van der Waals surface area contributed by atoms with E-state index in [-0.39, 0.29) is 5.91 Å². The van der Waals surface area contributed by atoms with E-state index in [0.29, 0.717) is 25.5 Å². The van der Waals surface area contributed by atoms with Gasteiger partial charge in [-0.25, -0.2) is 4.98 Å². The van der Waals surface area contributed by atoms with E-state index in [1.54, 1.807) is 0 Å². The maximum atomic E-state index is 12.6. The summed E-state index contributed by atoms with van der Waals surface area (Å²) in [6.45, 7) is 8.45. The zero-order chi connectivity index (χ0) is 24.6. The van der Waals surface area contributed by atoms with Crippen LogP contribution in [0.1, 0.15) is 59.9 Å². The molecule has 0 spiro atoms. The van der Waals surface area contributed by atoms with Crippen LogP contribution in [-0.2, 0) is 13.0 Å². The van der Waals surface area contributed by atoms with Gasteiger partial charge in [-0.2, -0.15) is 0 Å². The molecular weight excluding hydrogens is 434 g/mol. The van der Waals surface area contributed by atoms with Crippen LogP contribution in [0.15, 0.2) is 72.8 Å². The minimum absolute atomic E-state index is 0.0374. The summed E-state index contributed by atoms with van der Waals surface area (Å²) < 4.78 is 8.40. The molecule has 1 amide bonds. The molecule has 4 rings (SSSR count). The quantitative estimate of drug-likeness (QED) is 0.262. The number of hydrogen-bond acceptors (Lipinski definition) is 3. The smallest absolute Gasteiger partial charge is 0.251 e. The number of amides is 1. The Kier molecular flexibility index (Phi) is 8.19. The Hall–Kier alpha value is -3.60.